The van der Waals surface area contributed by atoms with E-state index >= 15 is 0 Å². The first-order chi connectivity index (χ1) is 13.3. The number of aromatic nitrogens is 2. The molecule has 4 rings (SSSR count). The number of non-ortho nitro benzene ring substituents is 1. The maximum Gasteiger partial charge on any atom is 0.269 e. The van der Waals surface area contributed by atoms with E-state index in [1.807, 2.05) is 4.90 Å². The Labute approximate surface area is 159 Å². The maximum atomic E-state index is 11.5. The van der Waals surface area contributed by atoms with Crippen LogP contribution in [0, 0.1) is 10.1 Å². The number of nitrogens with two attached hydrogens (primary N) is 1. The van der Waals surface area contributed by atoms with Crippen LogP contribution >= 0.6 is 0 Å². The maximum absolute atomic E-state index is 11.5. The summed E-state index contributed by atoms with van der Waals surface area (Å²) in [5.74, 6) is 0.727. The van der Waals surface area contributed by atoms with Crippen LogP contribution in [0.1, 0.15) is 11.5 Å². The molecule has 0 amide bonds. The van der Waals surface area contributed by atoms with Crippen LogP contribution in [-0.2, 0) is 23.0 Å². The molecule has 2 heterocycles. The van der Waals surface area contributed by atoms with Crippen LogP contribution in [0.15, 0.2) is 51.9 Å². The van der Waals surface area contributed by atoms with Crippen molar-refractivity contribution in [1.29, 1.82) is 0 Å². The fourth-order valence-electron chi connectivity index (χ4n) is 3.12. The second-order valence-corrected chi connectivity index (χ2v) is 7.88. The van der Waals surface area contributed by atoms with Gasteiger partial charge < -0.3 is 9.42 Å². The van der Waals surface area contributed by atoms with E-state index < -0.39 is 14.9 Å². The Morgan fingerprint density at radius 2 is 1.96 bits per heavy atom. The van der Waals surface area contributed by atoms with Gasteiger partial charge in [0.2, 0.25) is 21.7 Å². The average Bonchev–Trinajstić information content (AvgIpc) is 3.28. The lowest BCUT2D eigenvalue weighted by molar-refractivity contribution is -0.384. The fraction of sp³-hybridized carbons (Fsp3) is 0.176. The van der Waals surface area contributed by atoms with E-state index in [1.54, 1.807) is 24.3 Å². The number of hydrogen-bond donors (Lipinski definition) is 1. The Hall–Kier alpha value is -3.31. The Bertz CT molecular complexity index is 1160. The van der Waals surface area contributed by atoms with Gasteiger partial charge in [0, 0.05) is 29.9 Å². The summed E-state index contributed by atoms with van der Waals surface area (Å²) in [5.41, 5.74) is 2.38. The topological polar surface area (TPSA) is 145 Å². The minimum absolute atomic E-state index is 0.0139. The molecule has 0 spiro atoms. The molecule has 0 aliphatic carbocycles. The highest BCUT2D eigenvalue weighted by molar-refractivity contribution is 7.89. The molecule has 2 N–H and O–H groups in total. The molecule has 0 fully saturated rings. The summed E-state index contributed by atoms with van der Waals surface area (Å²) in [7, 11) is -3.74. The SMILES string of the molecule is NS(=O)(=O)c1ccc2c(c1)CCN2Cc1nc(-c2ccc([N+](=O)[O-])cc2)no1. The Morgan fingerprint density at radius 1 is 1.21 bits per heavy atom. The molecule has 0 saturated carbocycles. The largest absolute Gasteiger partial charge is 0.362 e. The van der Waals surface area contributed by atoms with Crippen LogP contribution in [0.2, 0.25) is 0 Å². The van der Waals surface area contributed by atoms with Gasteiger partial charge in [-0.15, -0.1) is 0 Å². The second kappa shape index (κ2) is 6.69. The minimum atomic E-state index is -3.74. The highest BCUT2D eigenvalue weighted by atomic mass is 32.2. The summed E-state index contributed by atoms with van der Waals surface area (Å²) in [6.07, 6.45) is 0.683. The van der Waals surface area contributed by atoms with Crippen molar-refractivity contribution in [3.8, 4) is 11.4 Å². The predicted molar refractivity (Wildman–Crippen MR) is 99.0 cm³/mol. The van der Waals surface area contributed by atoms with Crippen molar-refractivity contribution in [2.24, 2.45) is 5.14 Å². The zero-order valence-corrected chi connectivity index (χ0v) is 15.3. The normalized spacial score (nSPS) is 13.5. The fourth-order valence-corrected chi connectivity index (χ4v) is 3.68. The van der Waals surface area contributed by atoms with Gasteiger partial charge in [-0.3, -0.25) is 10.1 Å². The average molecular weight is 401 g/mol. The van der Waals surface area contributed by atoms with Crippen LogP contribution < -0.4 is 10.0 Å². The van der Waals surface area contributed by atoms with E-state index in [9.17, 15) is 18.5 Å². The lowest BCUT2D eigenvalue weighted by Crippen LogP contribution is -2.20. The van der Waals surface area contributed by atoms with Gasteiger partial charge in [-0.05, 0) is 42.3 Å². The number of sulfonamides is 1. The quantitative estimate of drug-likeness (QED) is 0.503. The molecule has 0 saturated heterocycles. The molecular weight excluding hydrogens is 386 g/mol. The zero-order chi connectivity index (χ0) is 19.9. The minimum Gasteiger partial charge on any atom is -0.362 e. The first kappa shape index (κ1) is 18.1. The van der Waals surface area contributed by atoms with E-state index in [0.717, 1.165) is 11.3 Å². The highest BCUT2D eigenvalue weighted by Crippen LogP contribution is 2.31. The summed E-state index contributed by atoms with van der Waals surface area (Å²) in [5, 5.41) is 19.8. The molecule has 1 aliphatic heterocycles. The molecule has 3 aromatic rings. The molecule has 2 aromatic carbocycles. The summed E-state index contributed by atoms with van der Waals surface area (Å²) < 4.78 is 28.3. The Morgan fingerprint density at radius 3 is 2.64 bits per heavy atom. The number of benzene rings is 2. The van der Waals surface area contributed by atoms with Gasteiger partial charge in [0.1, 0.15) is 0 Å². The number of hydrogen-bond acceptors (Lipinski definition) is 8. The molecule has 0 radical (unpaired) electrons. The number of primary sulfonamides is 1. The molecule has 1 aliphatic rings. The van der Waals surface area contributed by atoms with Crippen molar-refractivity contribution in [3.05, 3.63) is 64.0 Å². The molecule has 10 nitrogen and oxygen atoms in total. The van der Waals surface area contributed by atoms with Gasteiger partial charge >= 0.3 is 0 Å². The molecular formula is C17H15N5O5S. The number of nitro groups is 1. The monoisotopic (exact) mass is 401 g/mol. The van der Waals surface area contributed by atoms with Crippen molar-refractivity contribution in [2.75, 3.05) is 11.4 Å². The van der Waals surface area contributed by atoms with Crippen molar-refractivity contribution >= 4 is 21.4 Å². The lowest BCUT2D eigenvalue weighted by Gasteiger charge is -2.16. The number of fused-ring (bicyclic) bond motifs is 1. The first-order valence-corrected chi connectivity index (χ1v) is 9.84. The van der Waals surface area contributed by atoms with Gasteiger partial charge in [-0.25, -0.2) is 13.6 Å². The molecule has 1 aromatic heterocycles. The van der Waals surface area contributed by atoms with E-state index in [0.29, 0.717) is 36.8 Å². The first-order valence-electron chi connectivity index (χ1n) is 8.29. The van der Waals surface area contributed by atoms with Gasteiger partial charge in [-0.2, -0.15) is 4.98 Å². The highest BCUT2D eigenvalue weighted by Gasteiger charge is 2.23. The van der Waals surface area contributed by atoms with Crippen molar-refractivity contribution in [3.63, 3.8) is 0 Å². The predicted octanol–water partition coefficient (Wildman–Crippen LogP) is 1.85. The molecule has 0 atom stereocenters. The zero-order valence-electron chi connectivity index (χ0n) is 14.5. The number of nitro benzene ring substituents is 1. The van der Waals surface area contributed by atoms with Crippen molar-refractivity contribution in [2.45, 2.75) is 17.9 Å². The summed E-state index contributed by atoms with van der Waals surface area (Å²) in [4.78, 5) is 16.7. The third kappa shape index (κ3) is 3.44. The van der Waals surface area contributed by atoms with Crippen molar-refractivity contribution in [1.82, 2.24) is 10.1 Å². The molecule has 0 unspecified atom stereocenters. The smallest absolute Gasteiger partial charge is 0.269 e. The van der Waals surface area contributed by atoms with Crippen LogP contribution in [0.4, 0.5) is 11.4 Å². The molecule has 11 heteroatoms. The molecule has 28 heavy (non-hydrogen) atoms. The van der Waals surface area contributed by atoms with Gasteiger partial charge in [0.15, 0.2) is 0 Å². The summed E-state index contributed by atoms with van der Waals surface area (Å²) in [6.45, 7) is 1.04. The molecule has 144 valence electrons. The van der Waals surface area contributed by atoms with E-state index in [-0.39, 0.29) is 10.6 Å². The van der Waals surface area contributed by atoms with Crippen molar-refractivity contribution < 1.29 is 17.9 Å². The van der Waals surface area contributed by atoms with E-state index in [1.165, 1.54) is 18.2 Å². The summed E-state index contributed by atoms with van der Waals surface area (Å²) >= 11 is 0. The standard InChI is InChI=1S/C17H15N5O5S/c18-28(25,26)14-5-6-15-12(9-14)7-8-21(15)10-16-19-17(20-27-16)11-1-3-13(4-2-11)22(23)24/h1-6,9H,7-8,10H2,(H2,18,25,26). The number of rotatable bonds is 5. The summed E-state index contributed by atoms with van der Waals surface area (Å²) in [6, 6.07) is 10.7. The van der Waals surface area contributed by atoms with Gasteiger partial charge in [0.05, 0.1) is 16.4 Å². The molecule has 0 bridgehead atoms. The number of nitrogens with zero attached hydrogens (tertiary/aromatic N) is 4. The van der Waals surface area contributed by atoms with Crippen LogP contribution in [0.5, 0.6) is 0 Å². The van der Waals surface area contributed by atoms with E-state index in [2.05, 4.69) is 10.1 Å². The van der Waals surface area contributed by atoms with Crippen LogP contribution in [0.3, 0.4) is 0 Å². The van der Waals surface area contributed by atoms with Crippen LogP contribution in [-0.4, -0.2) is 30.0 Å². The third-order valence-corrected chi connectivity index (χ3v) is 5.41. The third-order valence-electron chi connectivity index (χ3n) is 4.50. The lowest BCUT2D eigenvalue weighted by atomic mass is 10.2. The van der Waals surface area contributed by atoms with Crippen LogP contribution in [0.25, 0.3) is 11.4 Å². The van der Waals surface area contributed by atoms with E-state index in [4.69, 9.17) is 9.66 Å². The number of anilines is 1. The second-order valence-electron chi connectivity index (χ2n) is 6.32. The van der Waals surface area contributed by atoms with Gasteiger partial charge in [-0.1, -0.05) is 5.16 Å². The van der Waals surface area contributed by atoms with Gasteiger partial charge in [0.25, 0.3) is 5.69 Å². The Kier molecular flexibility index (Phi) is 4.32. The Balaban J connectivity index is 1.52.